The highest BCUT2D eigenvalue weighted by Crippen LogP contribution is 2.24. The predicted octanol–water partition coefficient (Wildman–Crippen LogP) is 2.74. The van der Waals surface area contributed by atoms with E-state index in [4.69, 9.17) is 0 Å². The number of sulfonamides is 1. The molecule has 9 heteroatoms. The van der Waals surface area contributed by atoms with Crippen LogP contribution in [0.4, 0.5) is 0 Å². The van der Waals surface area contributed by atoms with E-state index < -0.39 is 16.1 Å². The number of benzene rings is 2. The molecule has 0 saturated carbocycles. The molecule has 0 aliphatic carbocycles. The van der Waals surface area contributed by atoms with Gasteiger partial charge in [-0.2, -0.15) is 4.31 Å². The van der Waals surface area contributed by atoms with E-state index in [2.05, 4.69) is 15.6 Å². The van der Waals surface area contributed by atoms with E-state index >= 15 is 0 Å². The summed E-state index contributed by atoms with van der Waals surface area (Å²) in [5.41, 5.74) is 3.19. The smallest absolute Gasteiger partial charge is 0.243 e. The normalized spacial score (nSPS) is 16.2. The van der Waals surface area contributed by atoms with E-state index in [-0.39, 0.29) is 35.7 Å². The largest absolute Gasteiger partial charge is 0.361 e. The molecule has 186 valence electrons. The minimum atomic E-state index is -3.57. The summed E-state index contributed by atoms with van der Waals surface area (Å²) in [4.78, 5) is 28.7. The van der Waals surface area contributed by atoms with Gasteiger partial charge in [-0.1, -0.05) is 35.9 Å². The Bertz CT molecular complexity index is 1290. The molecule has 4 rings (SSSR count). The molecule has 0 radical (unpaired) electrons. The summed E-state index contributed by atoms with van der Waals surface area (Å²) in [6.45, 7) is 4.59. The molecule has 0 spiro atoms. The van der Waals surface area contributed by atoms with Gasteiger partial charge in [0.25, 0.3) is 0 Å². The van der Waals surface area contributed by atoms with Crippen LogP contribution in [-0.2, 0) is 26.0 Å². The first-order chi connectivity index (χ1) is 16.8. The third kappa shape index (κ3) is 5.74. The van der Waals surface area contributed by atoms with Crippen molar-refractivity contribution in [2.24, 2.45) is 5.92 Å². The average molecular weight is 497 g/mol. The van der Waals surface area contributed by atoms with Crippen LogP contribution in [-0.4, -0.2) is 55.2 Å². The zero-order chi connectivity index (χ0) is 25.0. The fraction of sp³-hybridized carbons (Fsp3) is 0.385. The third-order valence-corrected chi connectivity index (χ3v) is 8.52. The summed E-state index contributed by atoms with van der Waals surface area (Å²) in [6.07, 6.45) is 3.48. The standard InChI is InChI=1S/C26H32N4O4S/c1-18-7-9-22(10-8-18)35(33,34)30-15-12-20(13-16-30)26(32)29-19(2)25(31)27-14-11-21-17-28-24-6-4-3-5-23(21)24/h3-10,17,19-20,28H,11-16H2,1-2H3,(H,27,31)(H,29,32)/t19-/m0/s1. The second-order valence-corrected chi connectivity index (χ2v) is 11.1. The molecule has 2 amide bonds. The number of H-pyrrole nitrogens is 1. The SMILES string of the molecule is Cc1ccc(S(=O)(=O)N2CCC(C(=O)N[C@@H](C)C(=O)NCCc3c[nH]c4ccccc34)CC2)cc1. The lowest BCUT2D eigenvalue weighted by Crippen LogP contribution is -2.49. The van der Waals surface area contributed by atoms with Crippen LogP contribution in [0.15, 0.2) is 59.6 Å². The van der Waals surface area contributed by atoms with Gasteiger partial charge in [-0.15, -0.1) is 0 Å². The Morgan fingerprint density at radius 2 is 1.77 bits per heavy atom. The van der Waals surface area contributed by atoms with Gasteiger partial charge in [0.2, 0.25) is 21.8 Å². The number of nitrogens with one attached hydrogen (secondary N) is 3. The van der Waals surface area contributed by atoms with Gasteiger partial charge in [-0.05, 0) is 56.9 Å². The minimum Gasteiger partial charge on any atom is -0.361 e. The predicted molar refractivity (Wildman–Crippen MR) is 135 cm³/mol. The molecule has 2 heterocycles. The monoisotopic (exact) mass is 496 g/mol. The van der Waals surface area contributed by atoms with Crippen molar-refractivity contribution in [3.63, 3.8) is 0 Å². The van der Waals surface area contributed by atoms with Crippen molar-refractivity contribution in [1.29, 1.82) is 0 Å². The maximum Gasteiger partial charge on any atom is 0.243 e. The Kier molecular flexibility index (Phi) is 7.57. The summed E-state index contributed by atoms with van der Waals surface area (Å²) in [5, 5.41) is 6.81. The fourth-order valence-electron chi connectivity index (χ4n) is 4.43. The fourth-order valence-corrected chi connectivity index (χ4v) is 5.90. The number of nitrogens with zero attached hydrogens (tertiary/aromatic N) is 1. The summed E-state index contributed by atoms with van der Waals surface area (Å²) in [5.74, 6) is -0.768. The van der Waals surface area contributed by atoms with Crippen molar-refractivity contribution < 1.29 is 18.0 Å². The first-order valence-corrected chi connectivity index (χ1v) is 13.4. The number of rotatable bonds is 8. The average Bonchev–Trinajstić information content (AvgIpc) is 3.27. The van der Waals surface area contributed by atoms with Crippen LogP contribution >= 0.6 is 0 Å². The summed E-state index contributed by atoms with van der Waals surface area (Å²) >= 11 is 0. The molecular weight excluding hydrogens is 464 g/mol. The highest BCUT2D eigenvalue weighted by atomic mass is 32.2. The molecule has 3 aromatic rings. The van der Waals surface area contributed by atoms with Gasteiger partial charge in [0, 0.05) is 42.7 Å². The molecule has 2 aromatic carbocycles. The topological polar surface area (TPSA) is 111 Å². The lowest BCUT2D eigenvalue weighted by Gasteiger charge is -2.31. The van der Waals surface area contributed by atoms with Crippen LogP contribution in [0.2, 0.25) is 0 Å². The van der Waals surface area contributed by atoms with Gasteiger partial charge < -0.3 is 15.6 Å². The number of piperidine rings is 1. The number of aryl methyl sites for hydroxylation is 1. The van der Waals surface area contributed by atoms with E-state index in [0.717, 1.165) is 22.0 Å². The van der Waals surface area contributed by atoms with Crippen molar-refractivity contribution in [2.75, 3.05) is 19.6 Å². The zero-order valence-electron chi connectivity index (χ0n) is 20.1. The van der Waals surface area contributed by atoms with E-state index in [1.165, 1.54) is 4.31 Å². The first kappa shape index (κ1) is 24.9. The number of carbonyl (C=O) groups excluding carboxylic acids is 2. The van der Waals surface area contributed by atoms with Crippen molar-refractivity contribution in [2.45, 2.75) is 44.0 Å². The second kappa shape index (κ2) is 10.6. The Balaban J connectivity index is 1.23. The number of fused-ring (bicyclic) bond motifs is 1. The molecular formula is C26H32N4O4S. The Hall–Kier alpha value is -3.17. The Labute approximate surface area is 206 Å². The summed E-state index contributed by atoms with van der Waals surface area (Å²) in [7, 11) is -3.57. The molecule has 35 heavy (non-hydrogen) atoms. The van der Waals surface area contributed by atoms with Crippen LogP contribution in [0.1, 0.15) is 30.9 Å². The van der Waals surface area contributed by atoms with Gasteiger partial charge in [0.15, 0.2) is 0 Å². The van der Waals surface area contributed by atoms with Crippen molar-refractivity contribution in [3.8, 4) is 0 Å². The molecule has 8 nitrogen and oxygen atoms in total. The van der Waals surface area contributed by atoms with Crippen molar-refractivity contribution in [3.05, 3.63) is 65.9 Å². The van der Waals surface area contributed by atoms with Crippen LogP contribution < -0.4 is 10.6 Å². The lowest BCUT2D eigenvalue weighted by molar-refractivity contribution is -0.131. The van der Waals surface area contributed by atoms with Gasteiger partial charge in [0.1, 0.15) is 6.04 Å². The van der Waals surface area contributed by atoms with Gasteiger partial charge in [0.05, 0.1) is 4.90 Å². The molecule has 1 aliphatic rings. The maximum absolute atomic E-state index is 12.9. The Morgan fingerprint density at radius 3 is 2.49 bits per heavy atom. The van der Waals surface area contributed by atoms with Gasteiger partial charge >= 0.3 is 0 Å². The first-order valence-electron chi connectivity index (χ1n) is 12.0. The zero-order valence-corrected chi connectivity index (χ0v) is 20.9. The maximum atomic E-state index is 12.9. The number of hydrogen-bond acceptors (Lipinski definition) is 4. The lowest BCUT2D eigenvalue weighted by atomic mass is 9.97. The molecule has 1 aromatic heterocycles. The quantitative estimate of drug-likeness (QED) is 0.445. The van der Waals surface area contributed by atoms with E-state index in [1.54, 1.807) is 31.2 Å². The number of carbonyl (C=O) groups is 2. The third-order valence-electron chi connectivity index (χ3n) is 6.60. The van der Waals surface area contributed by atoms with Crippen LogP contribution in [0.5, 0.6) is 0 Å². The second-order valence-electron chi connectivity index (χ2n) is 9.12. The number of hydrogen-bond donors (Lipinski definition) is 3. The summed E-state index contributed by atoms with van der Waals surface area (Å²) < 4.78 is 27.2. The molecule has 3 N–H and O–H groups in total. The number of amides is 2. The molecule has 0 bridgehead atoms. The van der Waals surface area contributed by atoms with Gasteiger partial charge in [-0.3, -0.25) is 9.59 Å². The molecule has 1 atom stereocenters. The van der Waals surface area contributed by atoms with Crippen LogP contribution in [0.3, 0.4) is 0 Å². The minimum absolute atomic E-state index is 0.211. The van der Waals surface area contributed by atoms with E-state index in [9.17, 15) is 18.0 Å². The Morgan fingerprint density at radius 1 is 1.09 bits per heavy atom. The van der Waals surface area contributed by atoms with E-state index in [1.807, 2.05) is 37.4 Å². The highest BCUT2D eigenvalue weighted by molar-refractivity contribution is 7.89. The van der Waals surface area contributed by atoms with E-state index in [0.29, 0.717) is 25.8 Å². The molecule has 0 unspecified atom stereocenters. The van der Waals surface area contributed by atoms with Crippen LogP contribution in [0.25, 0.3) is 10.9 Å². The van der Waals surface area contributed by atoms with Crippen LogP contribution in [0, 0.1) is 12.8 Å². The number of aromatic nitrogens is 1. The van der Waals surface area contributed by atoms with Crippen molar-refractivity contribution >= 4 is 32.7 Å². The van der Waals surface area contributed by atoms with Gasteiger partial charge in [-0.25, -0.2) is 8.42 Å². The molecule has 1 saturated heterocycles. The number of aromatic amines is 1. The molecule has 1 fully saturated rings. The van der Waals surface area contributed by atoms with Crippen molar-refractivity contribution in [1.82, 2.24) is 19.9 Å². The molecule has 1 aliphatic heterocycles. The number of para-hydroxylation sites is 1. The highest BCUT2D eigenvalue weighted by Gasteiger charge is 2.32. The summed E-state index contributed by atoms with van der Waals surface area (Å²) in [6, 6.07) is 14.1.